The van der Waals surface area contributed by atoms with Gasteiger partial charge in [0.15, 0.2) is 0 Å². The first kappa shape index (κ1) is 7.95. The zero-order chi connectivity index (χ0) is 7.40. The Morgan fingerprint density at radius 2 is 2.00 bits per heavy atom. The molecule has 1 N–H and O–H groups in total. The summed E-state index contributed by atoms with van der Waals surface area (Å²) in [5.74, 6) is 0. The van der Waals surface area contributed by atoms with Gasteiger partial charge in [0.05, 0.1) is 6.10 Å². The third kappa shape index (κ3) is 2.23. The summed E-state index contributed by atoms with van der Waals surface area (Å²) < 4.78 is 11.8. The van der Waals surface area contributed by atoms with Gasteiger partial charge in [-0.3, -0.25) is 0 Å². The van der Waals surface area contributed by atoms with Crippen molar-refractivity contribution in [3.8, 4) is 0 Å². The Balaban J connectivity index is 2.11. The van der Waals surface area contributed by atoms with Crippen molar-refractivity contribution in [1.82, 2.24) is 4.90 Å². The standard InChI is InChI=1S/C7H14FNO/c8-5-7(10)6-9-3-1-2-4-9/h7,10H,1-6H2. The Hall–Kier alpha value is -0.150. The van der Waals surface area contributed by atoms with Crippen LogP contribution >= 0.6 is 0 Å². The maximum Gasteiger partial charge on any atom is 0.117 e. The molecule has 0 saturated carbocycles. The number of halogens is 1. The summed E-state index contributed by atoms with van der Waals surface area (Å²) in [4.78, 5) is 2.10. The van der Waals surface area contributed by atoms with Gasteiger partial charge in [-0.1, -0.05) is 0 Å². The van der Waals surface area contributed by atoms with Crippen molar-refractivity contribution in [1.29, 1.82) is 0 Å². The topological polar surface area (TPSA) is 23.5 Å². The number of likely N-dealkylation sites (tertiary alicyclic amines) is 1. The Morgan fingerprint density at radius 3 is 2.50 bits per heavy atom. The first-order valence-electron chi connectivity index (χ1n) is 3.79. The van der Waals surface area contributed by atoms with Crippen molar-refractivity contribution in [3.63, 3.8) is 0 Å². The molecule has 0 bridgehead atoms. The lowest BCUT2D eigenvalue weighted by Gasteiger charge is -2.16. The molecule has 2 nitrogen and oxygen atoms in total. The van der Waals surface area contributed by atoms with Crippen LogP contribution in [0, 0.1) is 0 Å². The first-order valence-corrected chi connectivity index (χ1v) is 3.79. The summed E-state index contributed by atoms with van der Waals surface area (Å²) in [7, 11) is 0. The van der Waals surface area contributed by atoms with Gasteiger partial charge in [-0.2, -0.15) is 0 Å². The highest BCUT2D eigenvalue weighted by Gasteiger charge is 2.14. The summed E-state index contributed by atoms with van der Waals surface area (Å²) in [5.41, 5.74) is 0. The molecule has 0 radical (unpaired) electrons. The number of hydrogen-bond acceptors (Lipinski definition) is 2. The number of hydrogen-bond donors (Lipinski definition) is 1. The molecule has 3 heteroatoms. The Kier molecular flexibility index (Phi) is 3.09. The maximum atomic E-state index is 11.8. The van der Waals surface area contributed by atoms with Crippen LogP contribution in [0.5, 0.6) is 0 Å². The molecule has 0 amide bonds. The fourth-order valence-electron chi connectivity index (χ4n) is 1.31. The van der Waals surface area contributed by atoms with Gasteiger partial charge >= 0.3 is 0 Å². The Morgan fingerprint density at radius 1 is 1.40 bits per heavy atom. The van der Waals surface area contributed by atoms with Crippen molar-refractivity contribution in [2.45, 2.75) is 18.9 Å². The third-order valence-electron chi connectivity index (χ3n) is 1.85. The molecular formula is C7H14FNO. The van der Waals surface area contributed by atoms with E-state index in [9.17, 15) is 4.39 Å². The zero-order valence-corrected chi connectivity index (χ0v) is 6.09. The average Bonchev–Trinajstić information content (AvgIpc) is 2.40. The highest BCUT2D eigenvalue weighted by molar-refractivity contribution is 4.69. The van der Waals surface area contributed by atoms with Gasteiger partial charge in [0.1, 0.15) is 6.67 Å². The lowest BCUT2D eigenvalue weighted by atomic mass is 10.3. The van der Waals surface area contributed by atoms with E-state index in [1.807, 2.05) is 0 Å². The van der Waals surface area contributed by atoms with Crippen LogP contribution < -0.4 is 0 Å². The lowest BCUT2D eigenvalue weighted by Crippen LogP contribution is -2.30. The molecule has 1 fully saturated rings. The summed E-state index contributed by atoms with van der Waals surface area (Å²) in [6, 6.07) is 0. The van der Waals surface area contributed by atoms with E-state index in [4.69, 9.17) is 5.11 Å². The highest BCUT2D eigenvalue weighted by Crippen LogP contribution is 2.07. The highest BCUT2D eigenvalue weighted by atomic mass is 19.1. The van der Waals surface area contributed by atoms with Crippen molar-refractivity contribution < 1.29 is 9.50 Å². The van der Waals surface area contributed by atoms with Gasteiger partial charge in [0.25, 0.3) is 0 Å². The maximum absolute atomic E-state index is 11.8. The second kappa shape index (κ2) is 3.88. The largest absolute Gasteiger partial charge is 0.389 e. The van der Waals surface area contributed by atoms with E-state index in [0.717, 1.165) is 13.1 Å². The molecular weight excluding hydrogens is 133 g/mol. The fourth-order valence-corrected chi connectivity index (χ4v) is 1.31. The second-order valence-corrected chi connectivity index (χ2v) is 2.82. The predicted molar refractivity (Wildman–Crippen MR) is 37.7 cm³/mol. The summed E-state index contributed by atoms with van der Waals surface area (Å²) >= 11 is 0. The van der Waals surface area contributed by atoms with E-state index in [0.29, 0.717) is 6.54 Å². The molecule has 0 aromatic rings. The number of rotatable bonds is 3. The molecule has 1 unspecified atom stereocenters. The monoisotopic (exact) mass is 147 g/mol. The minimum atomic E-state index is -0.766. The van der Waals surface area contributed by atoms with Gasteiger partial charge in [-0.15, -0.1) is 0 Å². The molecule has 0 aliphatic carbocycles. The van der Waals surface area contributed by atoms with Crippen LogP contribution in [-0.2, 0) is 0 Å². The fraction of sp³-hybridized carbons (Fsp3) is 1.00. The summed E-state index contributed by atoms with van der Waals surface area (Å²) in [6.45, 7) is 1.95. The predicted octanol–water partition coefficient (Wildman–Crippen LogP) is 0.413. The number of nitrogens with zero attached hydrogens (tertiary/aromatic N) is 1. The molecule has 1 saturated heterocycles. The molecule has 0 spiro atoms. The van der Waals surface area contributed by atoms with Gasteiger partial charge in [0, 0.05) is 6.54 Å². The molecule has 1 heterocycles. The van der Waals surface area contributed by atoms with Crippen molar-refractivity contribution in [3.05, 3.63) is 0 Å². The number of β-amino-alcohol motifs (C(OH)–C–C–N with tert-alkyl or cyclic N) is 1. The van der Waals surface area contributed by atoms with Crippen LogP contribution in [0.15, 0.2) is 0 Å². The SMILES string of the molecule is OC(CF)CN1CCCC1. The van der Waals surface area contributed by atoms with E-state index in [2.05, 4.69) is 4.90 Å². The normalized spacial score (nSPS) is 23.4. The molecule has 1 aliphatic rings. The van der Waals surface area contributed by atoms with Crippen LogP contribution in [0.3, 0.4) is 0 Å². The van der Waals surface area contributed by atoms with E-state index in [-0.39, 0.29) is 0 Å². The van der Waals surface area contributed by atoms with Gasteiger partial charge in [-0.05, 0) is 25.9 Å². The quantitative estimate of drug-likeness (QED) is 0.625. The molecule has 1 atom stereocenters. The smallest absolute Gasteiger partial charge is 0.117 e. The summed E-state index contributed by atoms with van der Waals surface area (Å²) in [5, 5.41) is 8.90. The first-order chi connectivity index (χ1) is 4.83. The Labute approximate surface area is 60.6 Å². The third-order valence-corrected chi connectivity index (χ3v) is 1.85. The van der Waals surface area contributed by atoms with E-state index in [1.165, 1.54) is 12.8 Å². The molecule has 1 aliphatic heterocycles. The van der Waals surface area contributed by atoms with Crippen LogP contribution in [0.1, 0.15) is 12.8 Å². The molecule has 1 rings (SSSR count). The molecule has 0 aromatic carbocycles. The molecule has 0 aromatic heterocycles. The van der Waals surface area contributed by atoms with Crippen LogP contribution in [0.25, 0.3) is 0 Å². The minimum Gasteiger partial charge on any atom is -0.389 e. The van der Waals surface area contributed by atoms with E-state index in [1.54, 1.807) is 0 Å². The number of aliphatic hydroxyl groups excluding tert-OH is 1. The van der Waals surface area contributed by atoms with E-state index < -0.39 is 12.8 Å². The summed E-state index contributed by atoms with van der Waals surface area (Å²) in [6.07, 6.45) is 1.62. The minimum absolute atomic E-state index is 0.510. The van der Waals surface area contributed by atoms with E-state index >= 15 is 0 Å². The van der Waals surface area contributed by atoms with Gasteiger partial charge in [-0.25, -0.2) is 4.39 Å². The molecule has 60 valence electrons. The Bertz CT molecular complexity index is 93.6. The zero-order valence-electron chi connectivity index (χ0n) is 6.09. The number of alkyl halides is 1. The number of aliphatic hydroxyl groups is 1. The van der Waals surface area contributed by atoms with Crippen LogP contribution in [0.2, 0.25) is 0 Å². The van der Waals surface area contributed by atoms with Gasteiger partial charge < -0.3 is 10.0 Å². The van der Waals surface area contributed by atoms with Crippen LogP contribution in [-0.4, -0.2) is 42.4 Å². The van der Waals surface area contributed by atoms with Crippen molar-refractivity contribution in [2.24, 2.45) is 0 Å². The molecule has 10 heavy (non-hydrogen) atoms. The van der Waals surface area contributed by atoms with Crippen molar-refractivity contribution in [2.75, 3.05) is 26.3 Å². The van der Waals surface area contributed by atoms with Gasteiger partial charge in [0.2, 0.25) is 0 Å². The average molecular weight is 147 g/mol. The lowest BCUT2D eigenvalue weighted by molar-refractivity contribution is 0.0996. The van der Waals surface area contributed by atoms with Crippen LogP contribution in [0.4, 0.5) is 4.39 Å². The second-order valence-electron chi connectivity index (χ2n) is 2.82. The van der Waals surface area contributed by atoms with Crippen molar-refractivity contribution >= 4 is 0 Å².